The van der Waals surface area contributed by atoms with Crippen molar-refractivity contribution in [1.82, 2.24) is 19.9 Å². The van der Waals surface area contributed by atoms with Crippen LogP contribution in [0.3, 0.4) is 0 Å². The lowest BCUT2D eigenvalue weighted by Gasteiger charge is -2.38. The molecule has 1 spiro atoms. The monoisotopic (exact) mass is 350 g/mol. The minimum absolute atomic E-state index is 0.0802. The highest BCUT2D eigenvalue weighted by atomic mass is 16.5. The molecule has 2 saturated heterocycles. The summed E-state index contributed by atoms with van der Waals surface area (Å²) in [5, 5.41) is 13.4. The van der Waals surface area contributed by atoms with Gasteiger partial charge in [0.05, 0.1) is 6.54 Å². The third kappa shape index (κ3) is 3.68. The van der Waals surface area contributed by atoms with Gasteiger partial charge in [-0.05, 0) is 37.8 Å². The molecule has 3 rings (SSSR count). The van der Waals surface area contributed by atoms with Crippen LogP contribution in [0.5, 0.6) is 0 Å². The fourth-order valence-electron chi connectivity index (χ4n) is 3.91. The Hall–Kier alpha value is -1.96. The van der Waals surface area contributed by atoms with E-state index in [1.54, 1.807) is 0 Å². The second-order valence-electron chi connectivity index (χ2n) is 7.68. The van der Waals surface area contributed by atoms with Gasteiger partial charge in [0.1, 0.15) is 6.04 Å². The van der Waals surface area contributed by atoms with Gasteiger partial charge >= 0.3 is 5.97 Å². The maximum Gasteiger partial charge on any atom is 0.326 e. The van der Waals surface area contributed by atoms with E-state index in [1.165, 1.54) is 11.8 Å². The molecule has 1 amide bonds. The second kappa shape index (κ2) is 6.74. The standard InChI is InChI=1S/C17H26N4O4/c1-11(2)15-18-14(25-19-15)9-20-6-4-17(5-7-20)8-13(16(23)24)21(10-17)12(3)22/h11,13H,4-10H2,1-3H3,(H,23,24). The maximum absolute atomic E-state index is 11.8. The molecule has 0 aliphatic carbocycles. The SMILES string of the molecule is CC(=O)N1CC2(CCN(Cc3nc(C(C)C)no3)CC2)CC1C(=O)O. The summed E-state index contributed by atoms with van der Waals surface area (Å²) in [7, 11) is 0. The van der Waals surface area contributed by atoms with Crippen molar-refractivity contribution in [2.45, 2.75) is 58.5 Å². The van der Waals surface area contributed by atoms with Crippen molar-refractivity contribution < 1.29 is 19.2 Å². The molecule has 138 valence electrons. The van der Waals surface area contributed by atoms with Crippen molar-refractivity contribution in [3.05, 3.63) is 11.7 Å². The molecule has 1 atom stereocenters. The van der Waals surface area contributed by atoms with Crippen LogP contribution in [0.25, 0.3) is 0 Å². The lowest BCUT2D eigenvalue weighted by atomic mass is 9.76. The predicted molar refractivity (Wildman–Crippen MR) is 88.8 cm³/mol. The van der Waals surface area contributed by atoms with Gasteiger partial charge in [0.25, 0.3) is 0 Å². The van der Waals surface area contributed by atoms with Crippen molar-refractivity contribution in [1.29, 1.82) is 0 Å². The minimum Gasteiger partial charge on any atom is -0.480 e. The zero-order valence-corrected chi connectivity index (χ0v) is 15.1. The van der Waals surface area contributed by atoms with E-state index in [9.17, 15) is 14.7 Å². The number of aromatic nitrogens is 2. The average molecular weight is 350 g/mol. The lowest BCUT2D eigenvalue weighted by molar-refractivity contribution is -0.147. The average Bonchev–Trinajstić information content (AvgIpc) is 3.15. The van der Waals surface area contributed by atoms with E-state index < -0.39 is 12.0 Å². The summed E-state index contributed by atoms with van der Waals surface area (Å²) in [6.07, 6.45) is 2.31. The van der Waals surface area contributed by atoms with Crippen LogP contribution in [0, 0.1) is 5.41 Å². The highest BCUT2D eigenvalue weighted by Crippen LogP contribution is 2.43. The third-order valence-corrected chi connectivity index (χ3v) is 5.47. The van der Waals surface area contributed by atoms with Crippen molar-refractivity contribution in [3.8, 4) is 0 Å². The van der Waals surface area contributed by atoms with Crippen LogP contribution < -0.4 is 0 Å². The Morgan fingerprint density at radius 3 is 2.52 bits per heavy atom. The lowest BCUT2D eigenvalue weighted by Crippen LogP contribution is -2.42. The second-order valence-corrected chi connectivity index (χ2v) is 7.68. The number of carbonyl (C=O) groups excluding carboxylic acids is 1. The number of carboxylic acid groups (broad SMARTS) is 1. The Morgan fingerprint density at radius 2 is 2.04 bits per heavy atom. The van der Waals surface area contributed by atoms with Crippen molar-refractivity contribution in [3.63, 3.8) is 0 Å². The van der Waals surface area contributed by atoms with E-state index in [1.807, 2.05) is 13.8 Å². The van der Waals surface area contributed by atoms with Gasteiger partial charge in [-0.2, -0.15) is 4.98 Å². The fraction of sp³-hybridized carbons (Fsp3) is 0.765. The van der Waals surface area contributed by atoms with Crippen molar-refractivity contribution >= 4 is 11.9 Å². The zero-order chi connectivity index (χ0) is 18.2. The van der Waals surface area contributed by atoms with Gasteiger partial charge in [0, 0.05) is 19.4 Å². The Labute approximate surface area is 147 Å². The van der Waals surface area contributed by atoms with Crippen LogP contribution in [-0.4, -0.2) is 62.6 Å². The van der Waals surface area contributed by atoms with Crippen LogP contribution in [0.4, 0.5) is 0 Å². The molecule has 0 radical (unpaired) electrons. The molecule has 1 unspecified atom stereocenters. The summed E-state index contributed by atoms with van der Waals surface area (Å²) >= 11 is 0. The number of likely N-dealkylation sites (tertiary alicyclic amines) is 2. The minimum atomic E-state index is -0.901. The molecule has 2 fully saturated rings. The summed E-state index contributed by atoms with van der Waals surface area (Å²) < 4.78 is 5.31. The van der Waals surface area contributed by atoms with E-state index >= 15 is 0 Å². The first kappa shape index (κ1) is 17.8. The summed E-state index contributed by atoms with van der Waals surface area (Å²) in [5.41, 5.74) is -0.0802. The predicted octanol–water partition coefficient (Wildman–Crippen LogP) is 1.48. The number of piperidine rings is 1. The summed E-state index contributed by atoms with van der Waals surface area (Å²) in [5.74, 6) is 0.534. The number of hydrogen-bond acceptors (Lipinski definition) is 6. The van der Waals surface area contributed by atoms with Gasteiger partial charge < -0.3 is 14.5 Å². The molecule has 3 heterocycles. The molecule has 2 aliphatic heterocycles. The molecular formula is C17H26N4O4. The number of amides is 1. The van der Waals surface area contributed by atoms with E-state index in [2.05, 4.69) is 15.0 Å². The zero-order valence-electron chi connectivity index (χ0n) is 15.1. The number of nitrogens with zero attached hydrogens (tertiary/aromatic N) is 4. The van der Waals surface area contributed by atoms with Crippen LogP contribution in [0.1, 0.15) is 57.7 Å². The molecule has 0 saturated carbocycles. The number of aliphatic carboxylic acids is 1. The van der Waals surface area contributed by atoms with Gasteiger partial charge in [0.2, 0.25) is 11.8 Å². The normalized spacial score (nSPS) is 23.5. The first-order chi connectivity index (χ1) is 11.8. The Balaban J connectivity index is 1.59. The van der Waals surface area contributed by atoms with E-state index in [0.717, 1.165) is 31.8 Å². The summed E-state index contributed by atoms with van der Waals surface area (Å²) in [6, 6.07) is -0.686. The first-order valence-corrected chi connectivity index (χ1v) is 8.84. The maximum atomic E-state index is 11.8. The smallest absolute Gasteiger partial charge is 0.326 e. The van der Waals surface area contributed by atoms with Gasteiger partial charge in [-0.3, -0.25) is 9.69 Å². The fourth-order valence-corrected chi connectivity index (χ4v) is 3.91. The molecule has 8 heteroatoms. The largest absolute Gasteiger partial charge is 0.480 e. The molecule has 0 aromatic carbocycles. The van der Waals surface area contributed by atoms with Gasteiger partial charge in [-0.1, -0.05) is 19.0 Å². The number of carbonyl (C=O) groups is 2. The van der Waals surface area contributed by atoms with Crippen LogP contribution in [0.2, 0.25) is 0 Å². The number of carboxylic acids is 1. The van der Waals surface area contributed by atoms with E-state index in [0.29, 0.717) is 25.4 Å². The molecule has 25 heavy (non-hydrogen) atoms. The summed E-state index contributed by atoms with van der Waals surface area (Å²) in [6.45, 7) is 8.36. The molecule has 1 N–H and O–H groups in total. The van der Waals surface area contributed by atoms with E-state index in [4.69, 9.17) is 4.52 Å². The molecule has 8 nitrogen and oxygen atoms in total. The van der Waals surface area contributed by atoms with Crippen molar-refractivity contribution in [2.24, 2.45) is 5.41 Å². The van der Waals surface area contributed by atoms with Gasteiger partial charge in [-0.25, -0.2) is 4.79 Å². The number of rotatable bonds is 4. The highest BCUT2D eigenvalue weighted by Gasteiger charge is 2.49. The molecule has 2 aliphatic rings. The topological polar surface area (TPSA) is 99.8 Å². The van der Waals surface area contributed by atoms with Crippen molar-refractivity contribution in [2.75, 3.05) is 19.6 Å². The number of hydrogen-bond donors (Lipinski definition) is 1. The Kier molecular flexibility index (Phi) is 4.81. The van der Waals surface area contributed by atoms with Gasteiger partial charge in [0.15, 0.2) is 5.82 Å². The highest BCUT2D eigenvalue weighted by molar-refractivity contribution is 5.83. The molecule has 1 aromatic rings. The Bertz CT molecular complexity index is 625. The molecule has 0 bridgehead atoms. The molecular weight excluding hydrogens is 324 g/mol. The Morgan fingerprint density at radius 1 is 1.36 bits per heavy atom. The van der Waals surface area contributed by atoms with Crippen LogP contribution in [-0.2, 0) is 16.1 Å². The van der Waals surface area contributed by atoms with Crippen LogP contribution >= 0.6 is 0 Å². The molecule has 1 aromatic heterocycles. The third-order valence-electron chi connectivity index (χ3n) is 5.47. The summed E-state index contributed by atoms with van der Waals surface area (Å²) in [4.78, 5) is 31.4. The first-order valence-electron chi connectivity index (χ1n) is 8.84. The quantitative estimate of drug-likeness (QED) is 0.878. The van der Waals surface area contributed by atoms with Crippen LogP contribution in [0.15, 0.2) is 4.52 Å². The van der Waals surface area contributed by atoms with E-state index in [-0.39, 0.29) is 17.2 Å². The van der Waals surface area contributed by atoms with Gasteiger partial charge in [-0.15, -0.1) is 0 Å².